The number of benzene rings is 2. The number of guanidine groups is 1. The summed E-state index contributed by atoms with van der Waals surface area (Å²) in [6.45, 7) is 4.53. The predicted molar refractivity (Wildman–Crippen MR) is 117 cm³/mol. The van der Waals surface area contributed by atoms with E-state index < -0.39 is 0 Å². The summed E-state index contributed by atoms with van der Waals surface area (Å²) in [4.78, 5) is 4.27. The maximum atomic E-state index is 5.83. The summed E-state index contributed by atoms with van der Waals surface area (Å²) in [5, 5.41) is 6.65. The van der Waals surface area contributed by atoms with Crippen molar-refractivity contribution in [3.05, 3.63) is 65.2 Å². The number of aryl methyl sites for hydroxylation is 1. The van der Waals surface area contributed by atoms with Gasteiger partial charge in [0, 0.05) is 32.8 Å². The third-order valence-electron chi connectivity index (χ3n) is 3.74. The number of rotatable bonds is 8. The summed E-state index contributed by atoms with van der Waals surface area (Å²) in [6, 6.07) is 16.5. The van der Waals surface area contributed by atoms with Gasteiger partial charge in [-0.25, -0.2) is 0 Å². The minimum atomic E-state index is 0. The van der Waals surface area contributed by atoms with E-state index in [-0.39, 0.29) is 24.0 Å². The van der Waals surface area contributed by atoms with Crippen molar-refractivity contribution in [1.82, 2.24) is 10.6 Å². The largest absolute Gasteiger partial charge is 0.491 e. The fourth-order valence-electron chi connectivity index (χ4n) is 2.36. The van der Waals surface area contributed by atoms with Crippen molar-refractivity contribution in [3.8, 4) is 5.75 Å². The van der Waals surface area contributed by atoms with Gasteiger partial charge in [-0.1, -0.05) is 42.5 Å². The molecule has 2 aromatic rings. The Morgan fingerprint density at radius 3 is 2.42 bits per heavy atom. The van der Waals surface area contributed by atoms with Gasteiger partial charge in [-0.15, -0.1) is 24.0 Å². The minimum absolute atomic E-state index is 0. The van der Waals surface area contributed by atoms with Gasteiger partial charge in [-0.05, 0) is 24.1 Å². The second-order valence-corrected chi connectivity index (χ2v) is 5.72. The van der Waals surface area contributed by atoms with E-state index in [1.165, 1.54) is 11.1 Å². The Bertz CT molecular complexity index is 678. The van der Waals surface area contributed by atoms with Crippen molar-refractivity contribution in [2.24, 2.45) is 4.99 Å². The van der Waals surface area contributed by atoms with Crippen LogP contribution in [0.4, 0.5) is 0 Å². The van der Waals surface area contributed by atoms with Crippen molar-refractivity contribution in [3.63, 3.8) is 0 Å². The molecule has 0 aliphatic rings. The van der Waals surface area contributed by atoms with Gasteiger partial charge in [-0.2, -0.15) is 0 Å². The molecule has 5 nitrogen and oxygen atoms in total. The Morgan fingerprint density at radius 2 is 1.73 bits per heavy atom. The summed E-state index contributed by atoms with van der Waals surface area (Å²) >= 11 is 0. The SMILES string of the molecule is CN=C(NCc1ccccc1)NCc1ccc(C)cc1OCCOC.I. The molecule has 0 heterocycles. The topological polar surface area (TPSA) is 54.9 Å². The van der Waals surface area contributed by atoms with E-state index in [0.717, 1.165) is 23.8 Å². The molecule has 0 fully saturated rings. The number of ether oxygens (including phenoxy) is 2. The third-order valence-corrected chi connectivity index (χ3v) is 3.74. The lowest BCUT2D eigenvalue weighted by molar-refractivity contribution is 0.145. The summed E-state index contributed by atoms with van der Waals surface area (Å²) in [6.07, 6.45) is 0. The van der Waals surface area contributed by atoms with Gasteiger partial charge in [0.25, 0.3) is 0 Å². The molecule has 0 aliphatic heterocycles. The van der Waals surface area contributed by atoms with Gasteiger partial charge >= 0.3 is 0 Å². The van der Waals surface area contributed by atoms with E-state index in [4.69, 9.17) is 9.47 Å². The summed E-state index contributed by atoms with van der Waals surface area (Å²) in [5.41, 5.74) is 3.47. The molecule has 2 rings (SSSR count). The first-order chi connectivity index (χ1) is 12.2. The molecule has 0 radical (unpaired) electrons. The van der Waals surface area contributed by atoms with E-state index in [1.54, 1.807) is 14.2 Å². The van der Waals surface area contributed by atoms with Crippen LogP contribution in [0.5, 0.6) is 5.75 Å². The zero-order valence-corrected chi connectivity index (χ0v) is 17.9. The standard InChI is InChI=1S/C20H27N3O2.HI/c1-16-9-10-18(19(13-16)25-12-11-24-3)15-23-20(21-2)22-14-17-7-5-4-6-8-17;/h4-10,13H,11-12,14-15H2,1-3H3,(H2,21,22,23);1H. The molecule has 2 N–H and O–H groups in total. The lowest BCUT2D eigenvalue weighted by Gasteiger charge is -2.15. The highest BCUT2D eigenvalue weighted by molar-refractivity contribution is 14.0. The van der Waals surface area contributed by atoms with E-state index in [1.807, 2.05) is 24.3 Å². The number of nitrogens with zero attached hydrogens (tertiary/aromatic N) is 1. The molecule has 0 bridgehead atoms. The van der Waals surface area contributed by atoms with Crippen molar-refractivity contribution in [1.29, 1.82) is 0 Å². The number of nitrogens with one attached hydrogen (secondary N) is 2. The van der Waals surface area contributed by atoms with Gasteiger partial charge in [0.15, 0.2) is 5.96 Å². The number of hydrogen-bond donors (Lipinski definition) is 2. The second kappa shape index (κ2) is 12.5. The summed E-state index contributed by atoms with van der Waals surface area (Å²) < 4.78 is 10.9. The molecule has 0 spiro atoms. The Balaban J connectivity index is 0.00000338. The maximum absolute atomic E-state index is 5.83. The van der Waals surface area contributed by atoms with Crippen molar-refractivity contribution < 1.29 is 9.47 Å². The lowest BCUT2D eigenvalue weighted by Crippen LogP contribution is -2.36. The zero-order valence-electron chi connectivity index (χ0n) is 15.6. The van der Waals surface area contributed by atoms with Crippen LogP contribution in [-0.4, -0.2) is 33.3 Å². The molecule has 142 valence electrons. The van der Waals surface area contributed by atoms with Gasteiger partial charge < -0.3 is 20.1 Å². The quantitative estimate of drug-likeness (QED) is 0.269. The van der Waals surface area contributed by atoms with Gasteiger partial charge in [0.2, 0.25) is 0 Å². The first-order valence-corrected chi connectivity index (χ1v) is 8.42. The highest BCUT2D eigenvalue weighted by Gasteiger charge is 2.06. The molecule has 0 atom stereocenters. The average molecular weight is 469 g/mol. The van der Waals surface area contributed by atoms with Gasteiger partial charge in [-0.3, -0.25) is 4.99 Å². The van der Waals surface area contributed by atoms with Crippen LogP contribution in [0.1, 0.15) is 16.7 Å². The lowest BCUT2D eigenvalue weighted by atomic mass is 10.1. The first kappa shape index (κ1) is 22.2. The van der Waals surface area contributed by atoms with Crippen molar-refractivity contribution in [2.75, 3.05) is 27.4 Å². The smallest absolute Gasteiger partial charge is 0.191 e. The van der Waals surface area contributed by atoms with Crippen LogP contribution in [0.3, 0.4) is 0 Å². The van der Waals surface area contributed by atoms with E-state index >= 15 is 0 Å². The van der Waals surface area contributed by atoms with Crippen LogP contribution in [0, 0.1) is 6.92 Å². The molecular formula is C20H28IN3O2. The van der Waals surface area contributed by atoms with E-state index in [0.29, 0.717) is 19.8 Å². The van der Waals surface area contributed by atoms with Crippen LogP contribution in [0.15, 0.2) is 53.5 Å². The third kappa shape index (κ3) is 7.61. The molecule has 0 aliphatic carbocycles. The molecule has 2 aromatic carbocycles. The number of halogens is 1. The maximum Gasteiger partial charge on any atom is 0.191 e. The molecule has 6 heteroatoms. The molecule has 0 unspecified atom stereocenters. The predicted octanol–water partition coefficient (Wildman–Crippen LogP) is 3.50. The van der Waals surface area contributed by atoms with Crippen LogP contribution >= 0.6 is 24.0 Å². The Labute approximate surface area is 173 Å². The first-order valence-electron chi connectivity index (χ1n) is 8.42. The fourth-order valence-corrected chi connectivity index (χ4v) is 2.36. The fraction of sp³-hybridized carbons (Fsp3) is 0.350. The van der Waals surface area contributed by atoms with Crippen LogP contribution in [-0.2, 0) is 17.8 Å². The highest BCUT2D eigenvalue weighted by atomic mass is 127. The minimum Gasteiger partial charge on any atom is -0.491 e. The molecule has 0 saturated carbocycles. The summed E-state index contributed by atoms with van der Waals surface area (Å²) in [7, 11) is 3.44. The Hall–Kier alpha value is -1.80. The molecular weight excluding hydrogens is 441 g/mol. The molecule has 0 saturated heterocycles. The zero-order chi connectivity index (χ0) is 17.9. The summed E-state index contributed by atoms with van der Waals surface area (Å²) in [5.74, 6) is 1.63. The molecule has 0 amide bonds. The molecule has 0 aromatic heterocycles. The molecule has 26 heavy (non-hydrogen) atoms. The van der Waals surface area contributed by atoms with Crippen LogP contribution in [0.25, 0.3) is 0 Å². The average Bonchev–Trinajstić information content (AvgIpc) is 2.64. The van der Waals surface area contributed by atoms with Crippen LogP contribution in [0.2, 0.25) is 0 Å². The highest BCUT2D eigenvalue weighted by Crippen LogP contribution is 2.20. The normalized spacial score (nSPS) is 10.8. The van der Waals surface area contributed by atoms with Gasteiger partial charge in [0.1, 0.15) is 12.4 Å². The monoisotopic (exact) mass is 469 g/mol. The number of methoxy groups -OCH3 is 1. The van der Waals surface area contributed by atoms with E-state index in [2.05, 4.69) is 46.8 Å². The number of hydrogen-bond acceptors (Lipinski definition) is 3. The number of aliphatic imine (C=N–C) groups is 1. The van der Waals surface area contributed by atoms with Crippen molar-refractivity contribution >= 4 is 29.9 Å². The van der Waals surface area contributed by atoms with E-state index in [9.17, 15) is 0 Å². The van der Waals surface area contributed by atoms with Crippen molar-refractivity contribution in [2.45, 2.75) is 20.0 Å². The van der Waals surface area contributed by atoms with Crippen LogP contribution < -0.4 is 15.4 Å². The van der Waals surface area contributed by atoms with Gasteiger partial charge in [0.05, 0.1) is 6.61 Å². The Kier molecular flexibility index (Phi) is 10.7. The Morgan fingerprint density at radius 1 is 1.00 bits per heavy atom. The second-order valence-electron chi connectivity index (χ2n) is 5.72.